The third-order valence-electron chi connectivity index (χ3n) is 6.64. The summed E-state index contributed by atoms with van der Waals surface area (Å²) in [6, 6.07) is 19.9. The van der Waals surface area contributed by atoms with Crippen LogP contribution in [0.4, 0.5) is 11.4 Å². The molecule has 1 aliphatic heterocycles. The summed E-state index contributed by atoms with van der Waals surface area (Å²) in [5.41, 5.74) is 3.41. The van der Waals surface area contributed by atoms with Crippen LogP contribution in [0.5, 0.6) is 11.6 Å². The van der Waals surface area contributed by atoms with Gasteiger partial charge in [-0.15, -0.1) is 10.2 Å². The molecular formula is C28H29N5O5S2. The van der Waals surface area contributed by atoms with Gasteiger partial charge in [0.05, 0.1) is 43.0 Å². The molecule has 1 saturated heterocycles. The average Bonchev–Trinajstić information content (AvgIpc) is 3.23. The van der Waals surface area contributed by atoms with E-state index in [1.165, 1.54) is 10.4 Å². The SMILES string of the molecule is COc1ccccc1NC(=S)N=Nc1c(O)n(Cc2ccc(C)cc2)c2ccc(S(=O)(=O)N3CCOCC3)cc12. The number of para-hydroxylation sites is 2. The highest BCUT2D eigenvalue weighted by Crippen LogP contribution is 2.41. The third kappa shape index (κ3) is 5.70. The Hall–Kier alpha value is -3.84. The smallest absolute Gasteiger partial charge is 0.243 e. The van der Waals surface area contributed by atoms with Gasteiger partial charge in [-0.2, -0.15) is 4.31 Å². The first-order chi connectivity index (χ1) is 19.3. The van der Waals surface area contributed by atoms with E-state index < -0.39 is 10.0 Å². The second kappa shape index (κ2) is 11.7. The van der Waals surface area contributed by atoms with E-state index in [2.05, 4.69) is 15.5 Å². The molecule has 0 radical (unpaired) electrons. The molecule has 1 aromatic heterocycles. The molecule has 12 heteroatoms. The molecule has 2 heterocycles. The molecule has 10 nitrogen and oxygen atoms in total. The summed E-state index contributed by atoms with van der Waals surface area (Å²) in [6.45, 7) is 3.57. The van der Waals surface area contributed by atoms with Crippen LogP contribution in [0.3, 0.4) is 0 Å². The zero-order valence-electron chi connectivity index (χ0n) is 22.1. The summed E-state index contributed by atoms with van der Waals surface area (Å²) >= 11 is 5.37. The van der Waals surface area contributed by atoms with Crippen LogP contribution in [0.15, 0.2) is 81.9 Å². The quantitative estimate of drug-likeness (QED) is 0.228. The Morgan fingerprint density at radius 2 is 1.82 bits per heavy atom. The van der Waals surface area contributed by atoms with Gasteiger partial charge in [0.25, 0.3) is 0 Å². The van der Waals surface area contributed by atoms with Crippen LogP contribution >= 0.6 is 12.2 Å². The lowest BCUT2D eigenvalue weighted by Gasteiger charge is -2.26. The molecule has 0 unspecified atom stereocenters. The molecule has 208 valence electrons. The number of thiocarbonyl (C=S) groups is 1. The van der Waals surface area contributed by atoms with E-state index in [4.69, 9.17) is 21.7 Å². The first-order valence-electron chi connectivity index (χ1n) is 12.6. The van der Waals surface area contributed by atoms with Gasteiger partial charge in [-0.3, -0.25) is 0 Å². The number of hydrogen-bond donors (Lipinski definition) is 2. The van der Waals surface area contributed by atoms with Crippen LogP contribution in [-0.4, -0.2) is 60.9 Å². The topological polar surface area (TPSA) is 118 Å². The van der Waals surface area contributed by atoms with E-state index in [0.29, 0.717) is 42.1 Å². The number of aromatic hydroxyl groups is 1. The van der Waals surface area contributed by atoms with Gasteiger partial charge in [-0.05, 0) is 55.0 Å². The average molecular weight is 580 g/mol. The molecule has 0 spiro atoms. The Morgan fingerprint density at radius 3 is 2.55 bits per heavy atom. The molecule has 0 amide bonds. The number of aromatic nitrogens is 1. The monoisotopic (exact) mass is 579 g/mol. The number of hydrogen-bond acceptors (Lipinski definition) is 7. The Balaban J connectivity index is 1.55. The highest BCUT2D eigenvalue weighted by atomic mass is 32.2. The largest absolute Gasteiger partial charge is 0.495 e. The number of sulfonamides is 1. The Bertz CT molecular complexity index is 1680. The number of azo groups is 1. The molecule has 0 atom stereocenters. The van der Waals surface area contributed by atoms with Crippen LogP contribution in [0, 0.1) is 6.92 Å². The molecule has 0 aliphatic carbocycles. The maximum Gasteiger partial charge on any atom is 0.243 e. The van der Waals surface area contributed by atoms with Gasteiger partial charge in [0.2, 0.25) is 21.0 Å². The fraction of sp³-hybridized carbons (Fsp3) is 0.250. The number of nitrogens with zero attached hydrogens (tertiary/aromatic N) is 4. The fourth-order valence-electron chi connectivity index (χ4n) is 4.52. The molecule has 40 heavy (non-hydrogen) atoms. The number of ether oxygens (including phenoxy) is 2. The van der Waals surface area contributed by atoms with Gasteiger partial charge in [-0.25, -0.2) is 8.42 Å². The third-order valence-corrected chi connectivity index (χ3v) is 8.72. The summed E-state index contributed by atoms with van der Waals surface area (Å²) in [5, 5.41) is 23.2. The summed E-state index contributed by atoms with van der Waals surface area (Å²) in [7, 11) is -2.23. The Kier molecular flexibility index (Phi) is 8.12. The summed E-state index contributed by atoms with van der Waals surface area (Å²) in [5.74, 6) is 0.427. The highest BCUT2D eigenvalue weighted by molar-refractivity contribution is 7.89. The lowest BCUT2D eigenvalue weighted by Crippen LogP contribution is -2.40. The molecule has 4 aromatic rings. The molecular weight excluding hydrogens is 550 g/mol. The van der Waals surface area contributed by atoms with E-state index >= 15 is 0 Å². The second-order valence-corrected chi connectivity index (χ2v) is 11.6. The van der Waals surface area contributed by atoms with E-state index in [9.17, 15) is 13.5 Å². The van der Waals surface area contributed by atoms with Crippen molar-refractivity contribution in [3.8, 4) is 11.6 Å². The molecule has 1 fully saturated rings. The number of rotatable bonds is 7. The second-order valence-electron chi connectivity index (χ2n) is 9.27. The molecule has 1 aliphatic rings. The van der Waals surface area contributed by atoms with Crippen molar-refractivity contribution in [2.75, 3.05) is 38.7 Å². The van der Waals surface area contributed by atoms with Crippen molar-refractivity contribution >= 4 is 49.6 Å². The van der Waals surface area contributed by atoms with Crippen molar-refractivity contribution in [3.63, 3.8) is 0 Å². The van der Waals surface area contributed by atoms with Crippen molar-refractivity contribution in [1.82, 2.24) is 8.87 Å². The van der Waals surface area contributed by atoms with E-state index in [1.54, 1.807) is 35.9 Å². The van der Waals surface area contributed by atoms with Gasteiger partial charge in [-0.1, -0.05) is 42.0 Å². The molecule has 5 rings (SSSR count). The zero-order valence-corrected chi connectivity index (χ0v) is 23.7. The van der Waals surface area contributed by atoms with Gasteiger partial charge in [0, 0.05) is 18.5 Å². The number of nitrogens with one attached hydrogen (secondary N) is 1. The highest BCUT2D eigenvalue weighted by Gasteiger charge is 2.28. The van der Waals surface area contributed by atoms with Crippen LogP contribution in [-0.2, 0) is 21.3 Å². The van der Waals surface area contributed by atoms with Gasteiger partial charge in [0.15, 0.2) is 5.69 Å². The van der Waals surface area contributed by atoms with Crippen molar-refractivity contribution in [1.29, 1.82) is 0 Å². The minimum atomic E-state index is -3.78. The lowest BCUT2D eigenvalue weighted by atomic mass is 10.1. The molecule has 2 N–H and O–H groups in total. The number of anilines is 1. The first-order valence-corrected chi connectivity index (χ1v) is 14.5. The van der Waals surface area contributed by atoms with Crippen molar-refractivity contribution < 1.29 is 23.0 Å². The number of aryl methyl sites for hydroxylation is 1. The van der Waals surface area contributed by atoms with Crippen LogP contribution < -0.4 is 10.1 Å². The summed E-state index contributed by atoms with van der Waals surface area (Å²) in [4.78, 5) is 0.0977. The predicted molar refractivity (Wildman–Crippen MR) is 157 cm³/mol. The van der Waals surface area contributed by atoms with Gasteiger partial charge in [0.1, 0.15) is 5.75 Å². The Labute approximate surface area is 237 Å². The van der Waals surface area contributed by atoms with Gasteiger partial charge >= 0.3 is 0 Å². The summed E-state index contributed by atoms with van der Waals surface area (Å²) < 4.78 is 40.5. The van der Waals surface area contributed by atoms with E-state index in [1.807, 2.05) is 43.3 Å². The lowest BCUT2D eigenvalue weighted by molar-refractivity contribution is 0.0730. The molecule has 3 aromatic carbocycles. The number of benzene rings is 3. The maximum absolute atomic E-state index is 13.4. The standard InChI is InChI=1S/C28H29N5O5S2/c1-19-7-9-20(10-8-19)18-33-24-12-11-21(40(35,36)32-13-15-38-16-14-32)17-22(24)26(27(33)34)30-31-28(39)29-23-5-3-4-6-25(23)37-2/h3-12,17,34H,13-16,18H2,1-2H3,(H,29,39). The zero-order chi connectivity index (χ0) is 28.3. The van der Waals surface area contributed by atoms with Crippen LogP contribution in [0.1, 0.15) is 11.1 Å². The number of methoxy groups -OCH3 is 1. The normalized spacial score (nSPS) is 14.6. The van der Waals surface area contributed by atoms with Crippen molar-refractivity contribution in [2.24, 2.45) is 10.2 Å². The predicted octanol–water partition coefficient (Wildman–Crippen LogP) is 5.21. The minimum absolute atomic E-state index is 0.0421. The van der Waals surface area contributed by atoms with E-state index in [-0.39, 0.29) is 34.7 Å². The van der Waals surface area contributed by atoms with Gasteiger partial charge < -0.3 is 24.5 Å². The number of morpholine rings is 1. The van der Waals surface area contributed by atoms with Crippen LogP contribution in [0.2, 0.25) is 0 Å². The van der Waals surface area contributed by atoms with Crippen LogP contribution in [0.25, 0.3) is 10.9 Å². The maximum atomic E-state index is 13.4. The molecule has 0 bridgehead atoms. The minimum Gasteiger partial charge on any atom is -0.495 e. The summed E-state index contributed by atoms with van der Waals surface area (Å²) in [6.07, 6.45) is 0. The van der Waals surface area contributed by atoms with Crippen molar-refractivity contribution in [3.05, 3.63) is 77.9 Å². The van der Waals surface area contributed by atoms with E-state index in [0.717, 1.165) is 11.1 Å². The first kappa shape index (κ1) is 27.7. The fourth-order valence-corrected chi connectivity index (χ4v) is 6.10. The number of fused-ring (bicyclic) bond motifs is 1. The Morgan fingerprint density at radius 1 is 1.10 bits per heavy atom. The van der Waals surface area contributed by atoms with Crippen molar-refractivity contribution in [2.45, 2.75) is 18.4 Å². The molecule has 0 saturated carbocycles.